The molecule has 0 aliphatic carbocycles. The van der Waals surface area contributed by atoms with Gasteiger partial charge in [-0.2, -0.15) is 4.31 Å². The molecule has 0 radical (unpaired) electrons. The molecule has 0 bridgehead atoms. The van der Waals surface area contributed by atoms with Crippen LogP contribution in [0.5, 0.6) is 0 Å². The van der Waals surface area contributed by atoms with E-state index in [-0.39, 0.29) is 28.2 Å². The highest BCUT2D eigenvalue weighted by atomic mass is 32.2. The van der Waals surface area contributed by atoms with Crippen molar-refractivity contribution in [2.45, 2.75) is 31.7 Å². The minimum Gasteiger partial charge on any atom is -0.383 e. The smallest absolute Gasteiger partial charge is 0.292 e. The van der Waals surface area contributed by atoms with Crippen LogP contribution in [0, 0.1) is 16.0 Å². The Labute approximate surface area is 125 Å². The van der Waals surface area contributed by atoms with Crippen LogP contribution in [0.4, 0.5) is 11.4 Å². The highest BCUT2D eigenvalue weighted by Gasteiger charge is 2.28. The molecule has 1 N–H and O–H groups in total. The number of sulfonamides is 1. The number of nitrogens with one attached hydrogen (secondary N) is 1. The summed E-state index contributed by atoms with van der Waals surface area (Å²) in [7, 11) is -0.660. The first-order valence-corrected chi connectivity index (χ1v) is 8.01. The van der Waals surface area contributed by atoms with Gasteiger partial charge in [0.1, 0.15) is 5.69 Å². The minimum absolute atomic E-state index is 0.0347. The average molecular weight is 315 g/mol. The maximum absolute atomic E-state index is 12.6. The van der Waals surface area contributed by atoms with Crippen molar-refractivity contribution in [3.63, 3.8) is 0 Å². The summed E-state index contributed by atoms with van der Waals surface area (Å²) in [5, 5.41) is 13.5. The predicted molar refractivity (Wildman–Crippen MR) is 81.9 cm³/mol. The van der Waals surface area contributed by atoms with E-state index in [1.165, 1.54) is 36.6 Å². The molecule has 0 fully saturated rings. The monoisotopic (exact) mass is 315 g/mol. The van der Waals surface area contributed by atoms with Crippen molar-refractivity contribution in [3.05, 3.63) is 28.3 Å². The van der Waals surface area contributed by atoms with E-state index in [1.54, 1.807) is 0 Å². The number of anilines is 1. The third-order valence-electron chi connectivity index (χ3n) is 3.65. The van der Waals surface area contributed by atoms with Crippen molar-refractivity contribution in [2.24, 2.45) is 5.92 Å². The van der Waals surface area contributed by atoms with Crippen LogP contribution in [0.3, 0.4) is 0 Å². The maximum atomic E-state index is 12.6. The van der Waals surface area contributed by atoms with Crippen LogP contribution in [0.2, 0.25) is 0 Å². The molecular weight excluding hydrogens is 294 g/mol. The van der Waals surface area contributed by atoms with Crippen LogP contribution in [-0.2, 0) is 10.0 Å². The number of benzene rings is 1. The molecule has 0 aliphatic rings. The van der Waals surface area contributed by atoms with E-state index < -0.39 is 14.9 Å². The summed E-state index contributed by atoms with van der Waals surface area (Å²) < 4.78 is 26.4. The Bertz CT molecular complexity index is 628. The first-order chi connectivity index (χ1) is 9.62. The highest BCUT2D eigenvalue weighted by Crippen LogP contribution is 2.29. The molecule has 0 amide bonds. The number of nitro benzene ring substituents is 1. The van der Waals surface area contributed by atoms with E-state index >= 15 is 0 Å². The summed E-state index contributed by atoms with van der Waals surface area (Å²) in [5.74, 6) is 0.159. The summed E-state index contributed by atoms with van der Waals surface area (Å²) in [4.78, 5) is 10.4. The summed E-state index contributed by atoms with van der Waals surface area (Å²) in [6.07, 6.45) is 0. The zero-order chi connectivity index (χ0) is 16.4. The predicted octanol–water partition coefficient (Wildman–Crippen LogP) is 2.30. The van der Waals surface area contributed by atoms with Crippen LogP contribution in [0.25, 0.3) is 0 Å². The van der Waals surface area contributed by atoms with Gasteiger partial charge < -0.3 is 5.32 Å². The highest BCUT2D eigenvalue weighted by molar-refractivity contribution is 7.89. The van der Waals surface area contributed by atoms with Crippen molar-refractivity contribution in [1.29, 1.82) is 0 Å². The lowest BCUT2D eigenvalue weighted by Crippen LogP contribution is -2.38. The molecule has 7 nitrogen and oxygen atoms in total. The van der Waals surface area contributed by atoms with Gasteiger partial charge in [0.25, 0.3) is 5.69 Å². The fraction of sp³-hybridized carbons (Fsp3) is 0.538. The topological polar surface area (TPSA) is 92.6 Å². The van der Waals surface area contributed by atoms with Gasteiger partial charge >= 0.3 is 0 Å². The van der Waals surface area contributed by atoms with Gasteiger partial charge in [0, 0.05) is 26.2 Å². The first kappa shape index (κ1) is 17.4. The normalized spacial score (nSPS) is 13.5. The average Bonchev–Trinajstić information content (AvgIpc) is 2.44. The van der Waals surface area contributed by atoms with Crippen molar-refractivity contribution in [1.82, 2.24) is 4.31 Å². The van der Waals surface area contributed by atoms with Gasteiger partial charge in [0.15, 0.2) is 0 Å². The van der Waals surface area contributed by atoms with Crippen LogP contribution >= 0.6 is 0 Å². The summed E-state index contributed by atoms with van der Waals surface area (Å²) in [6, 6.07) is 3.57. The van der Waals surface area contributed by atoms with E-state index in [1.807, 2.05) is 20.8 Å². The molecule has 0 spiro atoms. The molecule has 8 heteroatoms. The van der Waals surface area contributed by atoms with E-state index in [0.717, 1.165) is 0 Å². The third kappa shape index (κ3) is 3.51. The Kier molecular flexibility index (Phi) is 5.30. The second-order valence-corrected chi connectivity index (χ2v) is 7.19. The van der Waals surface area contributed by atoms with E-state index in [2.05, 4.69) is 5.32 Å². The fourth-order valence-corrected chi connectivity index (χ4v) is 3.36. The molecule has 1 atom stereocenters. The molecule has 0 aromatic heterocycles. The van der Waals surface area contributed by atoms with Gasteiger partial charge in [0.05, 0.1) is 9.82 Å². The third-order valence-corrected chi connectivity index (χ3v) is 5.59. The molecule has 21 heavy (non-hydrogen) atoms. The van der Waals surface area contributed by atoms with Crippen LogP contribution in [-0.4, -0.2) is 37.8 Å². The van der Waals surface area contributed by atoms with E-state index in [0.29, 0.717) is 0 Å². The first-order valence-electron chi connectivity index (χ1n) is 6.57. The Morgan fingerprint density at radius 2 is 1.86 bits per heavy atom. The second kappa shape index (κ2) is 6.40. The Morgan fingerprint density at radius 1 is 1.29 bits per heavy atom. The lowest BCUT2D eigenvalue weighted by molar-refractivity contribution is -0.384. The van der Waals surface area contributed by atoms with Crippen LogP contribution in [0.1, 0.15) is 20.8 Å². The molecule has 1 aromatic carbocycles. The number of rotatable bonds is 6. The van der Waals surface area contributed by atoms with Crippen molar-refractivity contribution in [3.8, 4) is 0 Å². The molecule has 0 heterocycles. The SMILES string of the molecule is CNc1cc(S(=O)(=O)N(C)C(C)C(C)C)ccc1[N+](=O)[O-]. The Balaban J connectivity index is 3.30. The largest absolute Gasteiger partial charge is 0.383 e. The second-order valence-electron chi connectivity index (χ2n) is 5.19. The lowest BCUT2D eigenvalue weighted by atomic mass is 10.1. The molecule has 1 unspecified atom stereocenters. The molecular formula is C13H21N3O4S. The van der Waals surface area contributed by atoms with E-state index in [9.17, 15) is 18.5 Å². The molecule has 0 saturated carbocycles. The van der Waals surface area contributed by atoms with Gasteiger partial charge in [-0.05, 0) is 25.0 Å². The standard InChI is InChI=1S/C13H21N3O4S/c1-9(2)10(3)15(5)21(19,20)11-6-7-13(16(17)18)12(8-11)14-4/h6-10,14H,1-5H3. The zero-order valence-corrected chi connectivity index (χ0v) is 13.6. The lowest BCUT2D eigenvalue weighted by Gasteiger charge is -2.27. The van der Waals surface area contributed by atoms with E-state index in [4.69, 9.17) is 0 Å². The maximum Gasteiger partial charge on any atom is 0.292 e. The van der Waals surface area contributed by atoms with Gasteiger partial charge in [0.2, 0.25) is 10.0 Å². The van der Waals surface area contributed by atoms with Crippen LogP contribution < -0.4 is 5.32 Å². The van der Waals surface area contributed by atoms with Crippen LogP contribution in [0.15, 0.2) is 23.1 Å². The molecule has 1 rings (SSSR count). The van der Waals surface area contributed by atoms with Gasteiger partial charge in [-0.3, -0.25) is 10.1 Å². The Morgan fingerprint density at radius 3 is 2.29 bits per heavy atom. The number of hydrogen-bond acceptors (Lipinski definition) is 5. The quantitative estimate of drug-likeness (QED) is 0.642. The minimum atomic E-state index is -3.69. The van der Waals surface area contributed by atoms with Crippen molar-refractivity contribution in [2.75, 3.05) is 19.4 Å². The van der Waals surface area contributed by atoms with Gasteiger partial charge in [-0.25, -0.2) is 8.42 Å². The van der Waals surface area contributed by atoms with Gasteiger partial charge in [-0.1, -0.05) is 13.8 Å². The molecule has 118 valence electrons. The molecule has 1 aromatic rings. The Hall–Kier alpha value is -1.67. The number of hydrogen-bond donors (Lipinski definition) is 1. The summed E-state index contributed by atoms with van der Waals surface area (Å²) in [6.45, 7) is 5.70. The van der Waals surface area contributed by atoms with Crippen molar-refractivity contribution < 1.29 is 13.3 Å². The molecule has 0 aliphatic heterocycles. The molecule has 0 saturated heterocycles. The number of nitrogens with zero attached hydrogens (tertiary/aromatic N) is 2. The van der Waals surface area contributed by atoms with Gasteiger partial charge in [-0.15, -0.1) is 0 Å². The zero-order valence-electron chi connectivity index (χ0n) is 12.8. The summed E-state index contributed by atoms with van der Waals surface area (Å²) in [5.41, 5.74) is 0.0164. The summed E-state index contributed by atoms with van der Waals surface area (Å²) >= 11 is 0. The number of nitro groups is 1. The van der Waals surface area contributed by atoms with Crippen molar-refractivity contribution >= 4 is 21.4 Å². The fourth-order valence-electron chi connectivity index (χ4n) is 1.84.